The number of fused-ring (bicyclic) bond motifs is 1. The average Bonchev–Trinajstić information content (AvgIpc) is 3.14. The molecular weight excluding hydrogens is 278 g/mol. The zero-order valence-electron chi connectivity index (χ0n) is 12.7. The fraction of sp³-hybridized carbons (Fsp3) is 0.588. The summed E-state index contributed by atoms with van der Waals surface area (Å²) in [7, 11) is 2.24. The van der Waals surface area contributed by atoms with Gasteiger partial charge in [0.25, 0.3) is 0 Å². The molecule has 1 aromatic carbocycles. The van der Waals surface area contributed by atoms with Crippen LogP contribution in [0.4, 0.5) is 0 Å². The highest BCUT2D eigenvalue weighted by Crippen LogP contribution is 2.34. The van der Waals surface area contributed by atoms with Crippen molar-refractivity contribution in [3.05, 3.63) is 29.3 Å². The molecule has 2 fully saturated rings. The molecule has 0 radical (unpaired) electrons. The van der Waals surface area contributed by atoms with Crippen molar-refractivity contribution in [1.82, 2.24) is 14.8 Å². The van der Waals surface area contributed by atoms with Gasteiger partial charge in [0.2, 0.25) is 0 Å². The van der Waals surface area contributed by atoms with E-state index in [9.17, 15) is 0 Å². The Morgan fingerprint density at radius 1 is 1.10 bits per heavy atom. The zero-order valence-corrected chi connectivity index (χ0v) is 13.5. The molecule has 0 spiro atoms. The SMILES string of the molecule is CN1CCC(N2CCC(c3nc4ccccc4s3)C2)CC1. The predicted molar refractivity (Wildman–Crippen MR) is 89.1 cm³/mol. The highest BCUT2D eigenvalue weighted by atomic mass is 32.1. The smallest absolute Gasteiger partial charge is 0.0982 e. The third-order valence-electron chi connectivity index (χ3n) is 5.08. The maximum absolute atomic E-state index is 4.87. The van der Waals surface area contributed by atoms with E-state index in [2.05, 4.69) is 41.1 Å². The fourth-order valence-electron chi connectivity index (χ4n) is 3.75. The second kappa shape index (κ2) is 5.67. The first kappa shape index (κ1) is 13.7. The van der Waals surface area contributed by atoms with Crippen molar-refractivity contribution in [3.8, 4) is 0 Å². The molecular formula is C17H23N3S. The number of aromatic nitrogens is 1. The molecule has 3 heterocycles. The van der Waals surface area contributed by atoms with Crippen molar-refractivity contribution in [2.75, 3.05) is 33.2 Å². The van der Waals surface area contributed by atoms with Gasteiger partial charge < -0.3 is 4.90 Å². The van der Waals surface area contributed by atoms with Gasteiger partial charge in [-0.1, -0.05) is 12.1 Å². The number of piperidine rings is 1. The maximum atomic E-state index is 4.87. The van der Waals surface area contributed by atoms with Crippen molar-refractivity contribution in [3.63, 3.8) is 0 Å². The Kier molecular flexibility index (Phi) is 3.69. The van der Waals surface area contributed by atoms with E-state index in [1.54, 1.807) is 0 Å². The molecule has 3 nitrogen and oxygen atoms in total. The molecule has 1 atom stereocenters. The Hall–Kier alpha value is -0.970. The quantitative estimate of drug-likeness (QED) is 0.849. The molecule has 0 amide bonds. The van der Waals surface area contributed by atoms with Crippen LogP contribution in [0.2, 0.25) is 0 Å². The Morgan fingerprint density at radius 3 is 2.71 bits per heavy atom. The third kappa shape index (κ3) is 2.72. The van der Waals surface area contributed by atoms with Crippen LogP contribution in [0.3, 0.4) is 0 Å². The van der Waals surface area contributed by atoms with Gasteiger partial charge in [0.1, 0.15) is 0 Å². The van der Waals surface area contributed by atoms with Gasteiger partial charge in [-0.2, -0.15) is 0 Å². The van der Waals surface area contributed by atoms with E-state index in [-0.39, 0.29) is 0 Å². The zero-order chi connectivity index (χ0) is 14.2. The van der Waals surface area contributed by atoms with Crippen LogP contribution in [0.5, 0.6) is 0 Å². The normalized spacial score (nSPS) is 25.9. The van der Waals surface area contributed by atoms with Gasteiger partial charge >= 0.3 is 0 Å². The molecule has 21 heavy (non-hydrogen) atoms. The number of benzene rings is 1. The summed E-state index contributed by atoms with van der Waals surface area (Å²) >= 11 is 1.90. The monoisotopic (exact) mass is 301 g/mol. The summed E-state index contributed by atoms with van der Waals surface area (Å²) in [5, 5.41) is 1.35. The first-order valence-electron chi connectivity index (χ1n) is 8.07. The predicted octanol–water partition coefficient (Wildman–Crippen LogP) is 3.18. The second-order valence-electron chi connectivity index (χ2n) is 6.53. The van der Waals surface area contributed by atoms with E-state index < -0.39 is 0 Å². The Balaban J connectivity index is 1.46. The Morgan fingerprint density at radius 2 is 1.90 bits per heavy atom. The van der Waals surface area contributed by atoms with Gasteiger partial charge in [-0.05, 0) is 58.1 Å². The highest BCUT2D eigenvalue weighted by molar-refractivity contribution is 7.18. The first-order chi connectivity index (χ1) is 10.3. The molecule has 1 aromatic heterocycles. The number of thiazole rings is 1. The van der Waals surface area contributed by atoms with Gasteiger partial charge in [-0.3, -0.25) is 4.90 Å². The second-order valence-corrected chi connectivity index (χ2v) is 7.60. The van der Waals surface area contributed by atoms with Crippen LogP contribution in [-0.2, 0) is 0 Å². The van der Waals surface area contributed by atoms with Crippen LogP contribution >= 0.6 is 11.3 Å². The van der Waals surface area contributed by atoms with Crippen molar-refractivity contribution in [2.24, 2.45) is 0 Å². The molecule has 2 saturated heterocycles. The molecule has 112 valence electrons. The van der Waals surface area contributed by atoms with Crippen molar-refractivity contribution in [1.29, 1.82) is 0 Å². The number of likely N-dealkylation sites (tertiary alicyclic amines) is 2. The summed E-state index contributed by atoms with van der Waals surface area (Å²) in [6.45, 7) is 4.99. The molecule has 4 heteroatoms. The van der Waals surface area contributed by atoms with Gasteiger partial charge in [0, 0.05) is 18.5 Å². The van der Waals surface area contributed by atoms with E-state index in [0.29, 0.717) is 5.92 Å². The molecule has 2 aliphatic rings. The summed E-state index contributed by atoms with van der Waals surface area (Å²) in [4.78, 5) is 10.1. The lowest BCUT2D eigenvalue weighted by atomic mass is 10.0. The number of hydrogen-bond donors (Lipinski definition) is 0. The Labute approximate surface area is 130 Å². The van der Waals surface area contributed by atoms with Crippen LogP contribution in [0.15, 0.2) is 24.3 Å². The topological polar surface area (TPSA) is 19.4 Å². The van der Waals surface area contributed by atoms with E-state index in [1.807, 2.05) is 11.3 Å². The fourth-order valence-corrected chi connectivity index (χ4v) is 4.84. The number of para-hydroxylation sites is 1. The molecule has 0 bridgehead atoms. The summed E-state index contributed by atoms with van der Waals surface area (Å²) in [5.41, 5.74) is 1.18. The Bertz CT molecular complexity index is 582. The summed E-state index contributed by atoms with van der Waals surface area (Å²) in [6, 6.07) is 9.34. The number of nitrogens with zero attached hydrogens (tertiary/aromatic N) is 3. The van der Waals surface area contributed by atoms with Gasteiger partial charge in [-0.15, -0.1) is 11.3 Å². The number of hydrogen-bond acceptors (Lipinski definition) is 4. The minimum absolute atomic E-state index is 0.655. The van der Waals surface area contributed by atoms with Crippen LogP contribution in [0, 0.1) is 0 Å². The highest BCUT2D eigenvalue weighted by Gasteiger charge is 2.32. The largest absolute Gasteiger partial charge is 0.306 e. The minimum Gasteiger partial charge on any atom is -0.306 e. The standard InChI is InChI=1S/C17H23N3S/c1-19-9-7-14(8-10-19)20-11-6-13(12-20)17-18-15-4-2-3-5-16(15)21-17/h2-5,13-14H,6-12H2,1H3. The molecule has 1 unspecified atom stereocenters. The maximum Gasteiger partial charge on any atom is 0.0982 e. The van der Waals surface area contributed by atoms with Gasteiger partial charge in [0.15, 0.2) is 0 Å². The van der Waals surface area contributed by atoms with Crippen molar-refractivity contribution >= 4 is 21.6 Å². The van der Waals surface area contributed by atoms with Crippen molar-refractivity contribution < 1.29 is 0 Å². The van der Waals surface area contributed by atoms with Gasteiger partial charge in [0.05, 0.1) is 15.2 Å². The lowest BCUT2D eigenvalue weighted by molar-refractivity contribution is 0.142. The molecule has 0 saturated carbocycles. The molecule has 0 N–H and O–H groups in total. The van der Waals surface area contributed by atoms with Crippen LogP contribution in [0.1, 0.15) is 30.2 Å². The third-order valence-corrected chi connectivity index (χ3v) is 6.28. The van der Waals surface area contributed by atoms with Crippen LogP contribution in [0.25, 0.3) is 10.2 Å². The first-order valence-corrected chi connectivity index (χ1v) is 8.89. The number of rotatable bonds is 2. The summed E-state index contributed by atoms with van der Waals surface area (Å²) in [6.07, 6.45) is 3.96. The molecule has 2 aromatic rings. The molecule has 0 aliphatic carbocycles. The van der Waals surface area contributed by atoms with E-state index in [4.69, 9.17) is 4.98 Å². The van der Waals surface area contributed by atoms with Crippen molar-refractivity contribution in [2.45, 2.75) is 31.2 Å². The van der Waals surface area contributed by atoms with Crippen LogP contribution in [-0.4, -0.2) is 54.1 Å². The molecule has 2 aliphatic heterocycles. The van der Waals surface area contributed by atoms with Gasteiger partial charge in [-0.25, -0.2) is 4.98 Å². The average molecular weight is 301 g/mol. The lowest BCUT2D eigenvalue weighted by Gasteiger charge is -2.35. The molecule has 4 rings (SSSR count). The summed E-state index contributed by atoms with van der Waals surface area (Å²) in [5.74, 6) is 0.655. The van der Waals surface area contributed by atoms with E-state index >= 15 is 0 Å². The minimum atomic E-state index is 0.655. The lowest BCUT2D eigenvalue weighted by Crippen LogP contribution is -2.42. The summed E-state index contributed by atoms with van der Waals surface area (Å²) < 4.78 is 1.34. The van der Waals surface area contributed by atoms with E-state index in [0.717, 1.165) is 6.04 Å². The van der Waals surface area contributed by atoms with E-state index in [1.165, 1.54) is 60.7 Å². The van der Waals surface area contributed by atoms with Crippen LogP contribution < -0.4 is 0 Å².